The Hall–Kier alpha value is -3.06. The Labute approximate surface area is 177 Å². The fourth-order valence-corrected chi connectivity index (χ4v) is 3.75. The van der Waals surface area contributed by atoms with Gasteiger partial charge in [0.05, 0.1) is 33.0 Å². The molecule has 3 rings (SSSR count). The van der Waals surface area contributed by atoms with Crippen LogP contribution in [0.1, 0.15) is 30.0 Å². The van der Waals surface area contributed by atoms with Crippen LogP contribution in [0.15, 0.2) is 42.5 Å². The van der Waals surface area contributed by atoms with Crippen LogP contribution in [0.2, 0.25) is 0 Å². The summed E-state index contributed by atoms with van der Waals surface area (Å²) in [5.41, 5.74) is 2.77. The summed E-state index contributed by atoms with van der Waals surface area (Å²) in [6, 6.07) is 13.7. The molecule has 1 heterocycles. The maximum atomic E-state index is 12.4. The highest BCUT2D eigenvalue weighted by Gasteiger charge is 2.27. The molecule has 0 aliphatic carbocycles. The lowest BCUT2D eigenvalue weighted by Gasteiger charge is -2.24. The molecule has 2 amide bonds. The average molecular weight is 412 g/mol. The second-order valence-electron chi connectivity index (χ2n) is 7.43. The van der Waals surface area contributed by atoms with Gasteiger partial charge in [-0.05, 0) is 61.7 Å². The third-order valence-corrected chi connectivity index (χ3v) is 5.29. The standard InChI is InChI=1S/C23H29N3O4/c1-16-6-11-21(30-3)19(13-16)25-22(27)14-24-23(28)15-26-12-4-5-20(26)17-7-9-18(29-2)10-8-17/h6-11,13,20H,4-5,12,14-15H2,1-3H3,(H,24,28)(H,25,27). The van der Waals surface area contributed by atoms with E-state index in [0.29, 0.717) is 11.4 Å². The second-order valence-corrected chi connectivity index (χ2v) is 7.43. The summed E-state index contributed by atoms with van der Waals surface area (Å²) in [6.45, 7) is 2.97. The Bertz CT molecular complexity index is 883. The lowest BCUT2D eigenvalue weighted by molar-refractivity contribution is -0.125. The summed E-state index contributed by atoms with van der Waals surface area (Å²) in [4.78, 5) is 26.9. The van der Waals surface area contributed by atoms with E-state index in [2.05, 4.69) is 15.5 Å². The Morgan fingerprint density at radius 3 is 2.53 bits per heavy atom. The van der Waals surface area contributed by atoms with Crippen LogP contribution < -0.4 is 20.1 Å². The van der Waals surface area contributed by atoms with Gasteiger partial charge in [-0.25, -0.2) is 0 Å². The molecule has 7 heteroatoms. The zero-order valence-corrected chi connectivity index (χ0v) is 17.7. The first kappa shape index (κ1) is 21.6. The number of hydrogen-bond acceptors (Lipinski definition) is 5. The number of nitrogens with one attached hydrogen (secondary N) is 2. The van der Waals surface area contributed by atoms with E-state index in [1.165, 1.54) is 5.56 Å². The first-order chi connectivity index (χ1) is 14.5. The van der Waals surface area contributed by atoms with Crippen LogP contribution in [0.3, 0.4) is 0 Å². The highest BCUT2D eigenvalue weighted by molar-refractivity contribution is 5.96. The molecule has 1 aliphatic rings. The summed E-state index contributed by atoms with van der Waals surface area (Å²) in [7, 11) is 3.20. The molecule has 1 fully saturated rings. The second kappa shape index (κ2) is 10.1. The molecule has 0 radical (unpaired) electrons. The average Bonchev–Trinajstić information content (AvgIpc) is 3.20. The molecule has 2 aromatic carbocycles. The van der Waals surface area contributed by atoms with Crippen molar-refractivity contribution in [3.8, 4) is 11.5 Å². The third-order valence-electron chi connectivity index (χ3n) is 5.29. The number of carbonyl (C=O) groups is 2. The molecule has 7 nitrogen and oxygen atoms in total. The summed E-state index contributed by atoms with van der Waals surface area (Å²) in [5, 5.41) is 5.51. The topological polar surface area (TPSA) is 79.9 Å². The van der Waals surface area contributed by atoms with Gasteiger partial charge in [0.2, 0.25) is 11.8 Å². The van der Waals surface area contributed by atoms with Crippen LogP contribution in [-0.4, -0.2) is 50.6 Å². The minimum atomic E-state index is -0.291. The van der Waals surface area contributed by atoms with Crippen LogP contribution in [0.5, 0.6) is 11.5 Å². The molecule has 1 atom stereocenters. The molecule has 0 spiro atoms. The number of rotatable bonds is 8. The summed E-state index contributed by atoms with van der Waals surface area (Å²) >= 11 is 0. The van der Waals surface area contributed by atoms with Gasteiger partial charge in [0.25, 0.3) is 0 Å². The number of methoxy groups -OCH3 is 2. The van der Waals surface area contributed by atoms with E-state index in [0.717, 1.165) is 30.7 Å². The third kappa shape index (κ3) is 5.51. The number of nitrogens with zero attached hydrogens (tertiary/aromatic N) is 1. The van der Waals surface area contributed by atoms with E-state index in [4.69, 9.17) is 9.47 Å². The highest BCUT2D eigenvalue weighted by atomic mass is 16.5. The van der Waals surface area contributed by atoms with Crippen molar-refractivity contribution in [3.63, 3.8) is 0 Å². The van der Waals surface area contributed by atoms with Gasteiger partial charge in [-0.15, -0.1) is 0 Å². The van der Waals surface area contributed by atoms with Crippen LogP contribution in [0.4, 0.5) is 5.69 Å². The molecule has 0 bridgehead atoms. The first-order valence-corrected chi connectivity index (χ1v) is 10.1. The van der Waals surface area contributed by atoms with Crippen molar-refractivity contribution in [2.24, 2.45) is 0 Å². The van der Waals surface area contributed by atoms with Gasteiger partial charge in [0, 0.05) is 6.04 Å². The number of hydrogen-bond donors (Lipinski definition) is 2. The molecule has 0 saturated carbocycles. The zero-order valence-electron chi connectivity index (χ0n) is 17.7. The number of amides is 2. The summed E-state index contributed by atoms with van der Waals surface area (Å²) < 4.78 is 10.5. The Morgan fingerprint density at radius 2 is 1.83 bits per heavy atom. The monoisotopic (exact) mass is 411 g/mol. The molecular weight excluding hydrogens is 382 g/mol. The minimum Gasteiger partial charge on any atom is -0.497 e. The van der Waals surface area contributed by atoms with Crippen molar-refractivity contribution in [2.45, 2.75) is 25.8 Å². The fraction of sp³-hybridized carbons (Fsp3) is 0.391. The van der Waals surface area contributed by atoms with Gasteiger partial charge in [-0.3, -0.25) is 14.5 Å². The predicted molar refractivity (Wildman–Crippen MR) is 116 cm³/mol. The normalized spacial score (nSPS) is 16.2. The summed E-state index contributed by atoms with van der Waals surface area (Å²) in [6.07, 6.45) is 2.05. The van der Waals surface area contributed by atoms with E-state index in [1.807, 2.05) is 43.3 Å². The molecular formula is C23H29N3O4. The van der Waals surface area contributed by atoms with Crippen molar-refractivity contribution in [1.82, 2.24) is 10.2 Å². The lowest BCUT2D eigenvalue weighted by Crippen LogP contribution is -2.40. The number of likely N-dealkylation sites (tertiary alicyclic amines) is 1. The van der Waals surface area contributed by atoms with Gasteiger partial charge in [-0.1, -0.05) is 18.2 Å². The maximum Gasteiger partial charge on any atom is 0.243 e. The van der Waals surface area contributed by atoms with Crippen molar-refractivity contribution >= 4 is 17.5 Å². The summed E-state index contributed by atoms with van der Waals surface area (Å²) in [5.74, 6) is 0.944. The van der Waals surface area contributed by atoms with Gasteiger partial charge >= 0.3 is 0 Å². The van der Waals surface area contributed by atoms with Gasteiger partial charge in [0.1, 0.15) is 11.5 Å². The molecule has 2 aromatic rings. The van der Waals surface area contributed by atoms with Gasteiger partial charge in [-0.2, -0.15) is 0 Å². The Kier molecular flexibility index (Phi) is 7.30. The van der Waals surface area contributed by atoms with Gasteiger partial charge in [0.15, 0.2) is 0 Å². The Morgan fingerprint density at radius 1 is 1.07 bits per heavy atom. The van der Waals surface area contributed by atoms with Crippen LogP contribution in [-0.2, 0) is 9.59 Å². The molecule has 1 unspecified atom stereocenters. The minimum absolute atomic E-state index is 0.0863. The largest absolute Gasteiger partial charge is 0.497 e. The molecule has 1 aliphatic heterocycles. The SMILES string of the molecule is COc1ccc(C2CCCN2CC(=O)NCC(=O)Nc2cc(C)ccc2OC)cc1. The molecule has 1 saturated heterocycles. The van der Waals surface area contributed by atoms with E-state index >= 15 is 0 Å². The van der Waals surface area contributed by atoms with Crippen LogP contribution >= 0.6 is 0 Å². The van der Waals surface area contributed by atoms with Crippen molar-refractivity contribution in [2.75, 3.05) is 39.2 Å². The smallest absolute Gasteiger partial charge is 0.243 e. The zero-order chi connectivity index (χ0) is 21.5. The van der Waals surface area contributed by atoms with E-state index < -0.39 is 0 Å². The maximum absolute atomic E-state index is 12.4. The van der Waals surface area contributed by atoms with E-state index in [-0.39, 0.29) is 30.9 Å². The first-order valence-electron chi connectivity index (χ1n) is 10.1. The van der Waals surface area contributed by atoms with Crippen molar-refractivity contribution in [1.29, 1.82) is 0 Å². The highest BCUT2D eigenvalue weighted by Crippen LogP contribution is 2.32. The van der Waals surface area contributed by atoms with Crippen molar-refractivity contribution < 1.29 is 19.1 Å². The fourth-order valence-electron chi connectivity index (χ4n) is 3.75. The Balaban J connectivity index is 1.51. The van der Waals surface area contributed by atoms with E-state index in [1.54, 1.807) is 20.3 Å². The quantitative estimate of drug-likeness (QED) is 0.698. The van der Waals surface area contributed by atoms with Crippen molar-refractivity contribution in [3.05, 3.63) is 53.6 Å². The predicted octanol–water partition coefficient (Wildman–Crippen LogP) is 2.90. The number of ether oxygens (including phenoxy) is 2. The number of aryl methyl sites for hydroxylation is 1. The van der Waals surface area contributed by atoms with Gasteiger partial charge < -0.3 is 20.1 Å². The molecule has 2 N–H and O–H groups in total. The number of anilines is 1. The van der Waals surface area contributed by atoms with Crippen LogP contribution in [0.25, 0.3) is 0 Å². The number of benzene rings is 2. The van der Waals surface area contributed by atoms with E-state index in [9.17, 15) is 9.59 Å². The lowest BCUT2D eigenvalue weighted by atomic mass is 10.0. The van der Waals surface area contributed by atoms with Crippen LogP contribution in [0, 0.1) is 6.92 Å². The molecule has 30 heavy (non-hydrogen) atoms. The number of carbonyl (C=O) groups excluding carboxylic acids is 2. The molecule has 160 valence electrons. The molecule has 0 aromatic heterocycles.